The van der Waals surface area contributed by atoms with Gasteiger partial charge in [-0.15, -0.1) is 0 Å². The fourth-order valence-corrected chi connectivity index (χ4v) is 2.84. The van der Waals surface area contributed by atoms with E-state index in [0.29, 0.717) is 25.2 Å². The zero-order chi connectivity index (χ0) is 14.6. The van der Waals surface area contributed by atoms with Crippen molar-refractivity contribution in [3.05, 3.63) is 29.8 Å². The predicted molar refractivity (Wildman–Crippen MR) is 74.4 cm³/mol. The Morgan fingerprint density at radius 1 is 1.50 bits per heavy atom. The van der Waals surface area contributed by atoms with Gasteiger partial charge in [0.25, 0.3) is 0 Å². The van der Waals surface area contributed by atoms with E-state index in [9.17, 15) is 9.90 Å². The smallest absolute Gasteiger partial charge is 0.323 e. The number of nitrogens with two attached hydrogens (primary N) is 1. The SMILES string of the molecule is NC1(C(=O)O)CCCC1CCOc1cccc(CO)c1. The Labute approximate surface area is 118 Å². The molecule has 1 fully saturated rings. The molecule has 1 aromatic rings. The van der Waals surface area contributed by atoms with Gasteiger partial charge in [-0.3, -0.25) is 4.79 Å². The third kappa shape index (κ3) is 3.11. The number of hydrogen-bond donors (Lipinski definition) is 3. The standard InChI is InChI=1S/C15H21NO4/c16-15(14(18)19)7-2-4-12(15)6-8-20-13-5-1-3-11(9-13)10-17/h1,3,5,9,12,17H,2,4,6-8,10,16H2,(H,18,19). The number of carbonyl (C=O) groups is 1. The summed E-state index contributed by atoms with van der Waals surface area (Å²) in [4.78, 5) is 11.3. The van der Waals surface area contributed by atoms with E-state index in [1.807, 2.05) is 18.2 Å². The average Bonchev–Trinajstić information content (AvgIpc) is 2.82. The number of rotatable bonds is 6. The minimum atomic E-state index is -1.10. The van der Waals surface area contributed by atoms with Crippen molar-refractivity contribution in [2.24, 2.45) is 11.7 Å². The van der Waals surface area contributed by atoms with Crippen molar-refractivity contribution in [2.75, 3.05) is 6.61 Å². The molecule has 2 unspecified atom stereocenters. The van der Waals surface area contributed by atoms with E-state index in [1.165, 1.54) is 0 Å². The third-order valence-electron chi connectivity index (χ3n) is 4.09. The molecule has 0 saturated heterocycles. The maximum absolute atomic E-state index is 11.3. The highest BCUT2D eigenvalue weighted by Gasteiger charge is 2.45. The summed E-state index contributed by atoms with van der Waals surface area (Å²) in [6, 6.07) is 7.24. The molecule has 0 amide bonds. The fraction of sp³-hybridized carbons (Fsp3) is 0.533. The number of carboxylic acid groups (broad SMARTS) is 1. The number of aliphatic hydroxyl groups is 1. The highest BCUT2D eigenvalue weighted by molar-refractivity contribution is 5.79. The molecule has 1 aliphatic carbocycles. The lowest BCUT2D eigenvalue weighted by molar-refractivity contribution is -0.144. The molecular weight excluding hydrogens is 258 g/mol. The number of ether oxygens (including phenoxy) is 1. The van der Waals surface area contributed by atoms with Crippen LogP contribution < -0.4 is 10.5 Å². The zero-order valence-electron chi connectivity index (χ0n) is 11.4. The Morgan fingerprint density at radius 3 is 3.00 bits per heavy atom. The van der Waals surface area contributed by atoms with Crippen LogP contribution in [0, 0.1) is 5.92 Å². The Kier molecular flexibility index (Phi) is 4.62. The first-order valence-electron chi connectivity index (χ1n) is 6.91. The molecule has 0 aliphatic heterocycles. The van der Waals surface area contributed by atoms with Gasteiger partial charge in [0.05, 0.1) is 13.2 Å². The van der Waals surface area contributed by atoms with Crippen molar-refractivity contribution in [1.29, 1.82) is 0 Å². The van der Waals surface area contributed by atoms with Gasteiger partial charge >= 0.3 is 5.97 Å². The maximum Gasteiger partial charge on any atom is 0.323 e. The van der Waals surface area contributed by atoms with Crippen LogP contribution in [-0.2, 0) is 11.4 Å². The van der Waals surface area contributed by atoms with Crippen molar-refractivity contribution < 1.29 is 19.7 Å². The van der Waals surface area contributed by atoms with Crippen LogP contribution in [0.5, 0.6) is 5.75 Å². The molecule has 0 bridgehead atoms. The van der Waals surface area contributed by atoms with Crippen LogP contribution in [0.4, 0.5) is 0 Å². The van der Waals surface area contributed by atoms with Crippen LogP contribution in [-0.4, -0.2) is 28.3 Å². The Balaban J connectivity index is 1.88. The normalized spacial score (nSPS) is 25.6. The number of aliphatic carboxylic acids is 1. The molecule has 5 nitrogen and oxygen atoms in total. The molecule has 0 radical (unpaired) electrons. The molecule has 20 heavy (non-hydrogen) atoms. The van der Waals surface area contributed by atoms with Gasteiger partial charge in [-0.1, -0.05) is 18.6 Å². The number of carboxylic acids is 1. The van der Waals surface area contributed by atoms with Crippen molar-refractivity contribution in [3.63, 3.8) is 0 Å². The van der Waals surface area contributed by atoms with Crippen LogP contribution in [0.1, 0.15) is 31.2 Å². The fourth-order valence-electron chi connectivity index (χ4n) is 2.84. The topological polar surface area (TPSA) is 92.8 Å². The summed E-state index contributed by atoms with van der Waals surface area (Å²) < 4.78 is 5.62. The molecule has 5 heteroatoms. The van der Waals surface area contributed by atoms with E-state index >= 15 is 0 Å². The first-order valence-corrected chi connectivity index (χ1v) is 6.91. The van der Waals surface area contributed by atoms with Crippen molar-refractivity contribution in [1.82, 2.24) is 0 Å². The molecule has 2 rings (SSSR count). The third-order valence-corrected chi connectivity index (χ3v) is 4.09. The van der Waals surface area contributed by atoms with Crippen LogP contribution in [0.2, 0.25) is 0 Å². The molecule has 0 spiro atoms. The molecule has 0 heterocycles. The summed E-state index contributed by atoms with van der Waals surface area (Å²) >= 11 is 0. The molecule has 1 saturated carbocycles. The molecule has 1 aromatic carbocycles. The highest BCUT2D eigenvalue weighted by Crippen LogP contribution is 2.36. The largest absolute Gasteiger partial charge is 0.494 e. The number of aliphatic hydroxyl groups excluding tert-OH is 1. The molecule has 2 atom stereocenters. The molecule has 1 aliphatic rings. The lowest BCUT2D eigenvalue weighted by Crippen LogP contribution is -2.51. The molecule has 4 N–H and O–H groups in total. The van der Waals surface area contributed by atoms with Crippen molar-refractivity contribution in [3.8, 4) is 5.75 Å². The molecule has 0 aromatic heterocycles. The minimum Gasteiger partial charge on any atom is -0.494 e. The van der Waals surface area contributed by atoms with Gasteiger partial charge in [0.2, 0.25) is 0 Å². The number of hydrogen-bond acceptors (Lipinski definition) is 4. The van der Waals surface area contributed by atoms with Crippen molar-refractivity contribution >= 4 is 5.97 Å². The summed E-state index contributed by atoms with van der Waals surface area (Å²) in [5, 5.41) is 18.3. The Hall–Kier alpha value is -1.59. The lowest BCUT2D eigenvalue weighted by Gasteiger charge is -2.26. The van der Waals surface area contributed by atoms with E-state index in [-0.39, 0.29) is 12.5 Å². The monoisotopic (exact) mass is 279 g/mol. The Bertz CT molecular complexity index is 477. The summed E-state index contributed by atoms with van der Waals surface area (Å²) in [6.45, 7) is 0.413. The summed E-state index contributed by atoms with van der Waals surface area (Å²) in [5.41, 5.74) is 5.68. The van der Waals surface area contributed by atoms with Gasteiger partial charge in [0, 0.05) is 0 Å². The summed E-state index contributed by atoms with van der Waals surface area (Å²) in [6.07, 6.45) is 2.86. The van der Waals surface area contributed by atoms with Crippen LogP contribution in [0.15, 0.2) is 24.3 Å². The van der Waals surface area contributed by atoms with E-state index in [4.69, 9.17) is 15.6 Å². The summed E-state index contributed by atoms with van der Waals surface area (Å²) in [7, 11) is 0. The summed E-state index contributed by atoms with van der Waals surface area (Å²) in [5.74, 6) is -0.268. The first-order chi connectivity index (χ1) is 9.56. The second-order valence-corrected chi connectivity index (χ2v) is 5.38. The zero-order valence-corrected chi connectivity index (χ0v) is 11.4. The van der Waals surface area contributed by atoms with Gasteiger partial charge < -0.3 is 20.7 Å². The van der Waals surface area contributed by atoms with Crippen LogP contribution in [0.25, 0.3) is 0 Å². The first kappa shape index (κ1) is 14.8. The molecular formula is C15H21NO4. The predicted octanol–water partition coefficient (Wildman–Crippen LogP) is 1.53. The Morgan fingerprint density at radius 2 is 2.30 bits per heavy atom. The van der Waals surface area contributed by atoms with Gasteiger partial charge in [-0.25, -0.2) is 0 Å². The van der Waals surface area contributed by atoms with E-state index in [0.717, 1.165) is 18.4 Å². The quantitative estimate of drug-likeness (QED) is 0.734. The van der Waals surface area contributed by atoms with Gasteiger partial charge in [-0.2, -0.15) is 0 Å². The van der Waals surface area contributed by atoms with E-state index in [1.54, 1.807) is 6.07 Å². The van der Waals surface area contributed by atoms with Crippen LogP contribution >= 0.6 is 0 Å². The van der Waals surface area contributed by atoms with Gasteiger partial charge in [-0.05, 0) is 42.9 Å². The lowest BCUT2D eigenvalue weighted by atomic mass is 9.86. The van der Waals surface area contributed by atoms with Crippen LogP contribution in [0.3, 0.4) is 0 Å². The van der Waals surface area contributed by atoms with Crippen molar-refractivity contribution in [2.45, 2.75) is 37.8 Å². The van der Waals surface area contributed by atoms with Gasteiger partial charge in [0.1, 0.15) is 11.3 Å². The molecule has 110 valence electrons. The number of benzene rings is 1. The average molecular weight is 279 g/mol. The highest BCUT2D eigenvalue weighted by atomic mass is 16.5. The second-order valence-electron chi connectivity index (χ2n) is 5.38. The van der Waals surface area contributed by atoms with E-state index < -0.39 is 11.5 Å². The van der Waals surface area contributed by atoms with Gasteiger partial charge in [0.15, 0.2) is 0 Å². The maximum atomic E-state index is 11.3. The van der Waals surface area contributed by atoms with E-state index in [2.05, 4.69) is 0 Å². The second kappa shape index (κ2) is 6.24. The minimum absolute atomic E-state index is 0.0231.